The van der Waals surface area contributed by atoms with Gasteiger partial charge in [-0.1, -0.05) is 6.42 Å². The quantitative estimate of drug-likeness (QED) is 0.876. The maximum Gasteiger partial charge on any atom is 0.227 e. The van der Waals surface area contributed by atoms with Crippen LogP contribution in [0.2, 0.25) is 0 Å². The summed E-state index contributed by atoms with van der Waals surface area (Å²) < 4.78 is 25.0. The number of carbonyl (C=O) groups is 2. The molecule has 27 heavy (non-hydrogen) atoms. The Kier molecular flexibility index (Phi) is 5.14. The summed E-state index contributed by atoms with van der Waals surface area (Å²) in [5, 5.41) is 2.91. The van der Waals surface area contributed by atoms with Crippen molar-refractivity contribution in [3.05, 3.63) is 30.1 Å². The lowest BCUT2D eigenvalue weighted by Gasteiger charge is -2.31. The molecule has 0 unspecified atom stereocenters. The lowest BCUT2D eigenvalue weighted by Crippen LogP contribution is -2.39. The summed E-state index contributed by atoms with van der Waals surface area (Å²) in [5.74, 6) is -1.48. The van der Waals surface area contributed by atoms with Crippen molar-refractivity contribution in [2.24, 2.45) is 5.92 Å². The van der Waals surface area contributed by atoms with E-state index in [-0.39, 0.29) is 30.2 Å². The first-order valence-electron chi connectivity index (χ1n) is 9.70. The number of anilines is 1. The van der Waals surface area contributed by atoms with Crippen molar-refractivity contribution in [1.82, 2.24) is 5.32 Å². The van der Waals surface area contributed by atoms with Crippen LogP contribution >= 0.6 is 0 Å². The molecule has 2 heterocycles. The Labute approximate surface area is 158 Å². The Bertz CT molecular complexity index is 702. The molecule has 3 fully saturated rings. The van der Waals surface area contributed by atoms with E-state index < -0.39 is 11.7 Å². The van der Waals surface area contributed by atoms with Gasteiger partial charge in [0.2, 0.25) is 11.8 Å². The van der Waals surface area contributed by atoms with E-state index >= 15 is 0 Å². The summed E-state index contributed by atoms with van der Waals surface area (Å²) in [5.41, 5.74) is 0.614. The average Bonchev–Trinajstić information content (AvgIpc) is 3.25. The summed E-state index contributed by atoms with van der Waals surface area (Å²) >= 11 is 0. The van der Waals surface area contributed by atoms with E-state index in [4.69, 9.17) is 9.47 Å². The molecule has 1 saturated carbocycles. The van der Waals surface area contributed by atoms with Gasteiger partial charge in [-0.15, -0.1) is 0 Å². The predicted octanol–water partition coefficient (Wildman–Crippen LogP) is 2.37. The van der Waals surface area contributed by atoms with Crippen LogP contribution in [-0.4, -0.2) is 43.4 Å². The van der Waals surface area contributed by atoms with Crippen LogP contribution in [0.15, 0.2) is 24.3 Å². The van der Waals surface area contributed by atoms with E-state index in [1.54, 1.807) is 12.1 Å². The van der Waals surface area contributed by atoms with Gasteiger partial charge < -0.3 is 19.7 Å². The smallest absolute Gasteiger partial charge is 0.227 e. The number of ether oxygens (including phenoxy) is 2. The van der Waals surface area contributed by atoms with Crippen LogP contribution in [0.4, 0.5) is 10.1 Å². The lowest BCUT2D eigenvalue weighted by molar-refractivity contribution is -0.186. The Morgan fingerprint density at radius 1 is 1.22 bits per heavy atom. The largest absolute Gasteiger partial charge is 0.353 e. The molecule has 2 aliphatic heterocycles. The molecule has 0 aromatic heterocycles. The van der Waals surface area contributed by atoms with Crippen LogP contribution in [0.25, 0.3) is 0 Å². The molecular formula is C20H25FN2O4. The van der Waals surface area contributed by atoms with E-state index in [0.29, 0.717) is 25.4 Å². The molecule has 7 heteroatoms. The molecule has 2 saturated heterocycles. The van der Waals surface area contributed by atoms with Gasteiger partial charge in [-0.05, 0) is 37.1 Å². The van der Waals surface area contributed by atoms with Crippen molar-refractivity contribution in [3.63, 3.8) is 0 Å². The normalized spacial score (nSPS) is 27.3. The molecule has 1 N–H and O–H groups in total. The Hall–Kier alpha value is -1.99. The van der Waals surface area contributed by atoms with Gasteiger partial charge in [0.1, 0.15) is 11.9 Å². The van der Waals surface area contributed by atoms with Crippen molar-refractivity contribution >= 4 is 17.5 Å². The maximum absolute atomic E-state index is 13.1. The van der Waals surface area contributed by atoms with Crippen LogP contribution < -0.4 is 10.2 Å². The fourth-order valence-corrected chi connectivity index (χ4v) is 4.18. The zero-order valence-electron chi connectivity index (χ0n) is 15.3. The highest BCUT2D eigenvalue weighted by molar-refractivity contribution is 6.00. The van der Waals surface area contributed by atoms with Crippen molar-refractivity contribution in [1.29, 1.82) is 0 Å². The number of hydrogen-bond acceptors (Lipinski definition) is 4. The summed E-state index contributed by atoms with van der Waals surface area (Å²) in [7, 11) is 0. The first-order chi connectivity index (χ1) is 13.0. The molecule has 3 aliphatic rings. The van der Waals surface area contributed by atoms with Gasteiger partial charge in [0.25, 0.3) is 0 Å². The van der Waals surface area contributed by atoms with Gasteiger partial charge >= 0.3 is 0 Å². The Morgan fingerprint density at radius 2 is 1.96 bits per heavy atom. The predicted molar refractivity (Wildman–Crippen MR) is 96.5 cm³/mol. The van der Waals surface area contributed by atoms with Crippen molar-refractivity contribution in [2.45, 2.75) is 50.4 Å². The average molecular weight is 376 g/mol. The number of hydrogen-bond donors (Lipinski definition) is 1. The van der Waals surface area contributed by atoms with Crippen LogP contribution in [0.1, 0.15) is 38.5 Å². The zero-order chi connectivity index (χ0) is 18.9. The highest BCUT2D eigenvalue weighted by Crippen LogP contribution is 2.37. The molecule has 1 spiro atoms. The fraction of sp³-hybridized carbons (Fsp3) is 0.600. The first kappa shape index (κ1) is 18.4. The van der Waals surface area contributed by atoms with Gasteiger partial charge in [-0.25, -0.2) is 4.39 Å². The van der Waals surface area contributed by atoms with E-state index in [0.717, 1.165) is 25.7 Å². The number of benzene rings is 1. The van der Waals surface area contributed by atoms with Crippen molar-refractivity contribution in [2.75, 3.05) is 24.6 Å². The molecular weight excluding hydrogens is 351 g/mol. The second-order valence-electron chi connectivity index (χ2n) is 7.65. The van der Waals surface area contributed by atoms with E-state index in [2.05, 4.69) is 5.32 Å². The highest BCUT2D eigenvalue weighted by atomic mass is 19.1. The zero-order valence-corrected chi connectivity index (χ0v) is 15.3. The highest BCUT2D eigenvalue weighted by Gasteiger charge is 2.42. The second-order valence-corrected chi connectivity index (χ2v) is 7.65. The molecule has 2 atom stereocenters. The number of carbonyl (C=O) groups excluding carboxylic acids is 2. The molecule has 146 valence electrons. The van der Waals surface area contributed by atoms with Crippen molar-refractivity contribution in [3.8, 4) is 0 Å². The molecule has 6 nitrogen and oxygen atoms in total. The number of nitrogens with one attached hydrogen (secondary N) is 1. The number of halogens is 1. The fourth-order valence-electron chi connectivity index (χ4n) is 4.18. The molecule has 2 amide bonds. The SMILES string of the molecule is O=C(NC[C@@H]1COC2(CCCCC2)O1)[C@@H]1CC(=O)N(c2ccc(F)cc2)C1. The summed E-state index contributed by atoms with van der Waals surface area (Å²) in [4.78, 5) is 26.3. The lowest BCUT2D eigenvalue weighted by atomic mass is 9.94. The molecule has 1 aromatic rings. The molecule has 1 aliphatic carbocycles. The van der Waals surface area contributed by atoms with Gasteiger partial charge in [0, 0.05) is 38.0 Å². The summed E-state index contributed by atoms with van der Waals surface area (Å²) in [6, 6.07) is 5.74. The third kappa shape index (κ3) is 3.99. The van der Waals surface area contributed by atoms with Crippen LogP contribution in [-0.2, 0) is 19.1 Å². The third-order valence-electron chi connectivity index (χ3n) is 5.67. The first-order valence-corrected chi connectivity index (χ1v) is 9.70. The van der Waals surface area contributed by atoms with Crippen LogP contribution in [0.3, 0.4) is 0 Å². The van der Waals surface area contributed by atoms with E-state index in [9.17, 15) is 14.0 Å². The minimum atomic E-state index is -0.448. The molecule has 4 rings (SSSR count). The van der Waals surface area contributed by atoms with Gasteiger partial charge in [0.15, 0.2) is 5.79 Å². The number of nitrogens with zero attached hydrogens (tertiary/aromatic N) is 1. The molecule has 0 bridgehead atoms. The van der Waals surface area contributed by atoms with Gasteiger partial charge in [-0.3, -0.25) is 9.59 Å². The maximum atomic E-state index is 13.1. The van der Waals surface area contributed by atoms with E-state index in [1.165, 1.54) is 23.5 Å². The Morgan fingerprint density at radius 3 is 2.70 bits per heavy atom. The summed E-state index contributed by atoms with van der Waals surface area (Å²) in [6.45, 7) is 1.19. The molecule has 1 aromatic carbocycles. The molecule has 0 radical (unpaired) electrons. The second kappa shape index (κ2) is 7.56. The Balaban J connectivity index is 1.28. The van der Waals surface area contributed by atoms with Gasteiger partial charge in [-0.2, -0.15) is 0 Å². The van der Waals surface area contributed by atoms with E-state index in [1.807, 2.05) is 0 Å². The monoisotopic (exact) mass is 376 g/mol. The number of rotatable bonds is 4. The third-order valence-corrected chi connectivity index (χ3v) is 5.67. The van der Waals surface area contributed by atoms with Crippen LogP contribution in [0, 0.1) is 11.7 Å². The van der Waals surface area contributed by atoms with Crippen molar-refractivity contribution < 1.29 is 23.5 Å². The standard InChI is InChI=1S/C20H25FN2O4/c21-15-4-6-16(7-5-15)23-12-14(10-18(23)24)19(25)22-11-17-13-26-20(27-17)8-2-1-3-9-20/h4-7,14,17H,1-3,8-13H2,(H,22,25)/t14-,17-/m1/s1. The van der Waals surface area contributed by atoms with Gasteiger partial charge in [0.05, 0.1) is 12.5 Å². The minimum absolute atomic E-state index is 0.122. The van der Waals surface area contributed by atoms with Crippen LogP contribution in [0.5, 0.6) is 0 Å². The topological polar surface area (TPSA) is 67.9 Å². The minimum Gasteiger partial charge on any atom is -0.353 e. The number of amides is 2. The summed E-state index contributed by atoms with van der Waals surface area (Å²) in [6.07, 6.45) is 5.30.